The number of hydrogen-bond acceptors (Lipinski definition) is 3. The Kier molecular flexibility index (Phi) is 6.05. The summed E-state index contributed by atoms with van der Waals surface area (Å²) in [5.41, 5.74) is 6.69. The fraction of sp³-hybridized carbons (Fsp3) is 0.588. The van der Waals surface area contributed by atoms with Crippen molar-refractivity contribution in [3.05, 3.63) is 29.8 Å². The number of ether oxygens (including phenoxy) is 1. The van der Waals surface area contributed by atoms with Gasteiger partial charge in [-0.3, -0.25) is 4.79 Å². The van der Waals surface area contributed by atoms with E-state index >= 15 is 0 Å². The molecule has 1 aliphatic heterocycles. The van der Waals surface area contributed by atoms with E-state index in [1.807, 2.05) is 29.2 Å². The molecule has 2 rings (SSSR count). The maximum Gasteiger partial charge on any atom is 0.222 e. The van der Waals surface area contributed by atoms with Crippen LogP contribution in [0.25, 0.3) is 0 Å². The first kappa shape index (κ1) is 15.8. The summed E-state index contributed by atoms with van der Waals surface area (Å²) in [5.74, 6) is 1.81. The molecule has 0 aliphatic carbocycles. The molecule has 1 aliphatic rings. The van der Waals surface area contributed by atoms with Crippen LogP contribution in [0.2, 0.25) is 0 Å². The van der Waals surface area contributed by atoms with Crippen molar-refractivity contribution >= 4 is 5.91 Å². The third-order valence-corrected chi connectivity index (χ3v) is 4.07. The standard InChI is InChI=1S/C17H26N2O2/c1-14-6-7-17(20)19(10-8-14)9-3-11-21-16-5-2-4-15(12-16)13-18/h2,4-5,12,14H,3,6-11,13,18H2,1H3. The molecule has 4 heteroatoms. The number of hydrogen-bond donors (Lipinski definition) is 1. The first-order chi connectivity index (χ1) is 10.2. The lowest BCUT2D eigenvalue weighted by Crippen LogP contribution is -2.32. The van der Waals surface area contributed by atoms with Gasteiger partial charge in [0.1, 0.15) is 5.75 Å². The van der Waals surface area contributed by atoms with Gasteiger partial charge in [0.2, 0.25) is 5.91 Å². The lowest BCUT2D eigenvalue weighted by atomic mass is 10.0. The van der Waals surface area contributed by atoms with Crippen molar-refractivity contribution in [2.75, 3.05) is 19.7 Å². The monoisotopic (exact) mass is 290 g/mol. The Labute approximate surface area is 127 Å². The number of carbonyl (C=O) groups excluding carboxylic acids is 1. The topological polar surface area (TPSA) is 55.6 Å². The SMILES string of the molecule is CC1CCC(=O)N(CCCOc2cccc(CN)c2)CC1. The van der Waals surface area contributed by atoms with E-state index in [1.54, 1.807) is 0 Å². The number of rotatable bonds is 6. The van der Waals surface area contributed by atoms with Crippen molar-refractivity contribution in [2.45, 2.75) is 39.2 Å². The van der Waals surface area contributed by atoms with Gasteiger partial charge in [-0.05, 0) is 42.9 Å². The predicted molar refractivity (Wildman–Crippen MR) is 84.0 cm³/mol. The molecule has 0 aromatic heterocycles. The Morgan fingerprint density at radius 2 is 2.24 bits per heavy atom. The minimum absolute atomic E-state index is 0.296. The highest BCUT2D eigenvalue weighted by Crippen LogP contribution is 2.18. The van der Waals surface area contributed by atoms with Crippen LogP contribution >= 0.6 is 0 Å². The van der Waals surface area contributed by atoms with Gasteiger partial charge in [0, 0.05) is 26.1 Å². The molecular weight excluding hydrogens is 264 g/mol. The van der Waals surface area contributed by atoms with Gasteiger partial charge in [0.05, 0.1) is 6.61 Å². The van der Waals surface area contributed by atoms with Crippen molar-refractivity contribution in [2.24, 2.45) is 11.7 Å². The molecule has 21 heavy (non-hydrogen) atoms. The first-order valence-corrected chi connectivity index (χ1v) is 7.88. The molecule has 1 heterocycles. The largest absolute Gasteiger partial charge is 0.494 e. The van der Waals surface area contributed by atoms with Crippen molar-refractivity contribution < 1.29 is 9.53 Å². The van der Waals surface area contributed by atoms with E-state index in [-0.39, 0.29) is 0 Å². The van der Waals surface area contributed by atoms with Crippen LogP contribution in [0.3, 0.4) is 0 Å². The molecule has 1 unspecified atom stereocenters. The lowest BCUT2D eigenvalue weighted by molar-refractivity contribution is -0.130. The lowest BCUT2D eigenvalue weighted by Gasteiger charge is -2.20. The summed E-state index contributed by atoms with van der Waals surface area (Å²) < 4.78 is 5.73. The Hall–Kier alpha value is -1.55. The first-order valence-electron chi connectivity index (χ1n) is 7.88. The summed E-state index contributed by atoms with van der Waals surface area (Å²) in [7, 11) is 0. The average molecular weight is 290 g/mol. The minimum atomic E-state index is 0.296. The maximum absolute atomic E-state index is 12.0. The summed E-state index contributed by atoms with van der Waals surface area (Å²) in [6, 6.07) is 7.86. The third kappa shape index (κ3) is 5.05. The molecule has 4 nitrogen and oxygen atoms in total. The predicted octanol–water partition coefficient (Wildman–Crippen LogP) is 2.56. The Balaban J connectivity index is 1.72. The second kappa shape index (κ2) is 8.03. The third-order valence-electron chi connectivity index (χ3n) is 4.07. The Bertz CT molecular complexity index is 462. The fourth-order valence-electron chi connectivity index (χ4n) is 2.62. The van der Waals surface area contributed by atoms with E-state index in [0.29, 0.717) is 31.4 Å². The second-order valence-corrected chi connectivity index (χ2v) is 5.87. The van der Waals surface area contributed by atoms with E-state index in [2.05, 4.69) is 6.92 Å². The van der Waals surface area contributed by atoms with Crippen LogP contribution in [-0.2, 0) is 11.3 Å². The van der Waals surface area contributed by atoms with Crippen molar-refractivity contribution in [3.8, 4) is 5.75 Å². The molecule has 1 saturated heterocycles. The van der Waals surface area contributed by atoms with E-state index < -0.39 is 0 Å². The molecule has 1 fully saturated rings. The van der Waals surface area contributed by atoms with Crippen molar-refractivity contribution in [1.29, 1.82) is 0 Å². The van der Waals surface area contributed by atoms with Crippen LogP contribution < -0.4 is 10.5 Å². The van der Waals surface area contributed by atoms with Crippen LogP contribution in [0.4, 0.5) is 0 Å². The summed E-state index contributed by atoms with van der Waals surface area (Å²) in [5, 5.41) is 0. The van der Waals surface area contributed by atoms with E-state index in [4.69, 9.17) is 10.5 Å². The van der Waals surface area contributed by atoms with Crippen LogP contribution in [0, 0.1) is 5.92 Å². The van der Waals surface area contributed by atoms with Crippen LogP contribution in [0.5, 0.6) is 5.75 Å². The molecule has 1 aromatic rings. The summed E-state index contributed by atoms with van der Waals surface area (Å²) in [4.78, 5) is 14.0. The van der Waals surface area contributed by atoms with E-state index in [9.17, 15) is 4.79 Å². The zero-order valence-corrected chi connectivity index (χ0v) is 12.9. The number of nitrogens with zero attached hydrogens (tertiary/aromatic N) is 1. The van der Waals surface area contributed by atoms with Gasteiger partial charge in [-0.2, -0.15) is 0 Å². The zero-order chi connectivity index (χ0) is 15.1. The summed E-state index contributed by atoms with van der Waals surface area (Å²) >= 11 is 0. The molecule has 2 N–H and O–H groups in total. The van der Waals surface area contributed by atoms with Crippen molar-refractivity contribution in [1.82, 2.24) is 4.90 Å². The molecule has 0 radical (unpaired) electrons. The molecule has 0 saturated carbocycles. The molecule has 1 aromatic carbocycles. The van der Waals surface area contributed by atoms with Crippen molar-refractivity contribution in [3.63, 3.8) is 0 Å². The molecular formula is C17H26N2O2. The highest BCUT2D eigenvalue weighted by atomic mass is 16.5. The van der Waals surface area contributed by atoms with Gasteiger partial charge in [0.25, 0.3) is 0 Å². The zero-order valence-electron chi connectivity index (χ0n) is 12.9. The fourth-order valence-corrected chi connectivity index (χ4v) is 2.62. The normalized spacial score (nSPS) is 19.4. The second-order valence-electron chi connectivity index (χ2n) is 5.87. The van der Waals surface area contributed by atoms with Gasteiger partial charge in [-0.1, -0.05) is 19.1 Å². The molecule has 1 amide bonds. The molecule has 0 spiro atoms. The molecule has 0 bridgehead atoms. The highest BCUT2D eigenvalue weighted by molar-refractivity contribution is 5.76. The number of amides is 1. The summed E-state index contributed by atoms with van der Waals surface area (Å²) in [6.45, 7) is 5.07. The number of carbonyl (C=O) groups is 1. The van der Waals surface area contributed by atoms with Gasteiger partial charge in [-0.15, -0.1) is 0 Å². The minimum Gasteiger partial charge on any atom is -0.494 e. The Morgan fingerprint density at radius 3 is 3.05 bits per heavy atom. The summed E-state index contributed by atoms with van der Waals surface area (Å²) in [6.07, 6.45) is 3.70. The number of likely N-dealkylation sites (tertiary alicyclic amines) is 1. The number of benzene rings is 1. The molecule has 1 atom stereocenters. The van der Waals surface area contributed by atoms with Crippen LogP contribution in [0.1, 0.15) is 38.2 Å². The van der Waals surface area contributed by atoms with E-state index in [0.717, 1.165) is 43.7 Å². The van der Waals surface area contributed by atoms with Gasteiger partial charge >= 0.3 is 0 Å². The van der Waals surface area contributed by atoms with Crippen LogP contribution in [-0.4, -0.2) is 30.5 Å². The smallest absolute Gasteiger partial charge is 0.222 e. The van der Waals surface area contributed by atoms with Crippen LogP contribution in [0.15, 0.2) is 24.3 Å². The maximum atomic E-state index is 12.0. The van der Waals surface area contributed by atoms with Gasteiger partial charge in [0.15, 0.2) is 0 Å². The average Bonchev–Trinajstić information content (AvgIpc) is 2.66. The Morgan fingerprint density at radius 1 is 1.38 bits per heavy atom. The van der Waals surface area contributed by atoms with E-state index in [1.165, 1.54) is 0 Å². The molecule has 116 valence electrons. The van der Waals surface area contributed by atoms with Gasteiger partial charge in [-0.25, -0.2) is 0 Å². The number of nitrogens with two attached hydrogens (primary N) is 1. The van der Waals surface area contributed by atoms with Gasteiger partial charge < -0.3 is 15.4 Å². The quantitative estimate of drug-likeness (QED) is 0.819. The highest BCUT2D eigenvalue weighted by Gasteiger charge is 2.19.